The molecule has 1 fully saturated rings. The molecule has 0 amide bonds. The van der Waals surface area contributed by atoms with E-state index in [1.54, 1.807) is 35.0 Å². The van der Waals surface area contributed by atoms with Gasteiger partial charge in [0.15, 0.2) is 5.11 Å². The number of nitrogens with zero attached hydrogens (tertiary/aromatic N) is 5. The van der Waals surface area contributed by atoms with Crippen molar-refractivity contribution >= 4 is 28.2 Å². The van der Waals surface area contributed by atoms with Crippen LogP contribution in [0, 0.1) is 23.7 Å². The normalized spacial score (nSPS) is 18.8. The number of nitrogens with one attached hydrogen (secondary N) is 1. The maximum atomic E-state index is 13.3. The van der Waals surface area contributed by atoms with Crippen LogP contribution in [0.25, 0.3) is 16.6 Å². The number of likely N-dealkylation sites (tertiary alicyclic amines) is 1. The molecule has 4 heterocycles. The van der Waals surface area contributed by atoms with Crippen molar-refractivity contribution in [2.24, 2.45) is 0 Å². The molecule has 5 rings (SSSR count). The number of aromatic nitrogens is 3. The number of nitriles is 1. The Kier molecular flexibility index (Phi) is 4.02. The SMILES string of the molecule is C#CCNC(=S)N1C[C@@H]2C[C@H]1c1c(O)n(-c3ccc(C#N)c4ncccc34)c(=O)n12. The first-order valence-corrected chi connectivity index (χ1v) is 9.80. The van der Waals surface area contributed by atoms with Crippen molar-refractivity contribution in [2.75, 3.05) is 13.1 Å². The molecule has 1 aromatic carbocycles. The summed E-state index contributed by atoms with van der Waals surface area (Å²) >= 11 is 5.44. The van der Waals surface area contributed by atoms with Gasteiger partial charge in [-0.1, -0.05) is 5.92 Å². The molecule has 0 spiro atoms. The van der Waals surface area contributed by atoms with Gasteiger partial charge in [-0.25, -0.2) is 9.36 Å². The van der Waals surface area contributed by atoms with Crippen molar-refractivity contribution in [3.05, 3.63) is 52.2 Å². The van der Waals surface area contributed by atoms with Gasteiger partial charge in [0.05, 0.1) is 35.4 Å². The van der Waals surface area contributed by atoms with Crippen molar-refractivity contribution in [3.63, 3.8) is 0 Å². The van der Waals surface area contributed by atoms with E-state index >= 15 is 0 Å². The van der Waals surface area contributed by atoms with Gasteiger partial charge in [0.2, 0.25) is 5.88 Å². The second-order valence-corrected chi connectivity index (χ2v) is 7.65. The second-order valence-electron chi connectivity index (χ2n) is 7.26. The minimum absolute atomic E-state index is 0.0852. The molecule has 8 nitrogen and oxygen atoms in total. The quantitative estimate of drug-likeness (QED) is 0.483. The van der Waals surface area contributed by atoms with E-state index in [0.717, 1.165) is 0 Å². The molecule has 2 atom stereocenters. The highest BCUT2D eigenvalue weighted by Crippen LogP contribution is 2.48. The molecule has 30 heavy (non-hydrogen) atoms. The summed E-state index contributed by atoms with van der Waals surface area (Å²) in [5, 5.41) is 24.6. The fourth-order valence-corrected chi connectivity index (χ4v) is 4.83. The maximum absolute atomic E-state index is 13.3. The Labute approximate surface area is 177 Å². The number of terminal acetylenes is 1. The highest BCUT2D eigenvalue weighted by atomic mass is 32.1. The lowest BCUT2D eigenvalue weighted by Crippen LogP contribution is -2.43. The van der Waals surface area contributed by atoms with Crippen LogP contribution < -0.4 is 11.0 Å². The fourth-order valence-electron chi connectivity index (χ4n) is 4.56. The number of rotatable bonds is 2. The van der Waals surface area contributed by atoms with Crippen molar-refractivity contribution < 1.29 is 5.11 Å². The van der Waals surface area contributed by atoms with Crippen molar-refractivity contribution in [2.45, 2.75) is 18.5 Å². The summed E-state index contributed by atoms with van der Waals surface area (Å²) in [5.41, 5.74) is 1.61. The van der Waals surface area contributed by atoms with Crippen molar-refractivity contribution in [1.29, 1.82) is 5.26 Å². The van der Waals surface area contributed by atoms with Crippen LogP contribution in [0.4, 0.5) is 0 Å². The Morgan fingerprint density at radius 2 is 2.27 bits per heavy atom. The molecule has 0 radical (unpaired) electrons. The van der Waals surface area contributed by atoms with E-state index in [2.05, 4.69) is 22.3 Å². The van der Waals surface area contributed by atoms with Gasteiger partial charge in [-0.3, -0.25) is 9.55 Å². The summed E-state index contributed by atoms with van der Waals surface area (Å²) in [6.45, 7) is 0.893. The van der Waals surface area contributed by atoms with E-state index in [9.17, 15) is 15.2 Å². The van der Waals surface area contributed by atoms with Crippen LogP contribution in [-0.2, 0) is 0 Å². The maximum Gasteiger partial charge on any atom is 0.336 e. The van der Waals surface area contributed by atoms with Crippen LogP contribution in [-0.4, -0.2) is 42.3 Å². The average Bonchev–Trinajstić information content (AvgIpc) is 3.43. The summed E-state index contributed by atoms with van der Waals surface area (Å²) in [7, 11) is 0. The molecular formula is C21H16N6O2S. The van der Waals surface area contributed by atoms with E-state index in [1.165, 1.54) is 4.57 Å². The van der Waals surface area contributed by atoms with Crippen LogP contribution in [0.1, 0.15) is 29.8 Å². The molecule has 0 unspecified atom stereocenters. The first-order valence-electron chi connectivity index (χ1n) is 9.39. The number of hydrogen-bond donors (Lipinski definition) is 2. The Morgan fingerprint density at radius 3 is 3.03 bits per heavy atom. The third-order valence-corrected chi connectivity index (χ3v) is 6.15. The molecular weight excluding hydrogens is 400 g/mol. The number of pyridine rings is 1. The van der Waals surface area contributed by atoms with E-state index < -0.39 is 0 Å². The first kappa shape index (κ1) is 18.2. The van der Waals surface area contributed by atoms with E-state index in [0.29, 0.717) is 52.5 Å². The number of thiocarbonyl (C=S) groups is 1. The zero-order valence-corrected chi connectivity index (χ0v) is 16.6. The van der Waals surface area contributed by atoms with Gasteiger partial charge < -0.3 is 15.3 Å². The van der Waals surface area contributed by atoms with E-state index in [-0.39, 0.29) is 23.7 Å². The van der Waals surface area contributed by atoms with Gasteiger partial charge >= 0.3 is 5.69 Å². The first-order chi connectivity index (χ1) is 14.6. The number of hydrogen-bond acceptors (Lipinski definition) is 5. The van der Waals surface area contributed by atoms with Crippen LogP contribution in [0.3, 0.4) is 0 Å². The second kappa shape index (κ2) is 6.61. The van der Waals surface area contributed by atoms with Gasteiger partial charge in [0, 0.05) is 18.1 Å². The lowest BCUT2D eigenvalue weighted by Gasteiger charge is -2.29. The Morgan fingerprint density at radius 1 is 1.43 bits per heavy atom. The van der Waals surface area contributed by atoms with E-state index in [1.807, 2.05) is 4.90 Å². The van der Waals surface area contributed by atoms with Gasteiger partial charge in [0.1, 0.15) is 11.8 Å². The minimum atomic E-state index is -0.313. The highest BCUT2D eigenvalue weighted by Gasteiger charge is 2.48. The largest absolute Gasteiger partial charge is 0.493 e. The molecule has 2 bridgehead atoms. The number of aromatic hydroxyl groups is 1. The predicted octanol–water partition coefficient (Wildman–Crippen LogP) is 1.57. The third kappa shape index (κ3) is 2.36. The highest BCUT2D eigenvalue weighted by molar-refractivity contribution is 7.80. The summed E-state index contributed by atoms with van der Waals surface area (Å²) in [6, 6.07) is 8.62. The van der Waals surface area contributed by atoms with E-state index in [4.69, 9.17) is 18.6 Å². The fraction of sp³-hybridized carbons (Fsp3) is 0.238. The Bertz CT molecular complexity index is 1360. The van der Waals surface area contributed by atoms with Crippen LogP contribution in [0.15, 0.2) is 35.3 Å². The standard InChI is InChI=1S/C21H16N6O2S/c1-2-7-24-20(30)25-11-13-9-16(25)18-19(28)27(21(29)26(13)18)15-6-5-12(10-22)17-14(15)4-3-8-23-17/h1,3-6,8,13,16,28H,7,9,11H2,(H,24,30)/t13-,16-/m0/s1. The molecule has 0 saturated carbocycles. The average molecular weight is 416 g/mol. The van der Waals surface area contributed by atoms with Gasteiger partial charge in [0.25, 0.3) is 0 Å². The Balaban J connectivity index is 1.66. The molecule has 2 aliphatic rings. The zero-order chi connectivity index (χ0) is 21.0. The summed E-state index contributed by atoms with van der Waals surface area (Å²) in [4.78, 5) is 19.6. The lowest BCUT2D eigenvalue weighted by molar-refractivity contribution is 0.334. The molecule has 0 aliphatic carbocycles. The number of benzene rings is 1. The Hall–Kier alpha value is -3.82. The summed E-state index contributed by atoms with van der Waals surface area (Å²) < 4.78 is 2.95. The number of fused-ring (bicyclic) bond motifs is 6. The monoisotopic (exact) mass is 416 g/mol. The molecule has 1 saturated heterocycles. The predicted molar refractivity (Wildman–Crippen MR) is 114 cm³/mol. The van der Waals surface area contributed by atoms with Crippen molar-refractivity contribution in [3.8, 4) is 30.0 Å². The van der Waals surface area contributed by atoms with Crippen LogP contribution >= 0.6 is 12.2 Å². The van der Waals surface area contributed by atoms with Gasteiger partial charge in [-0.15, -0.1) is 6.42 Å². The smallest absolute Gasteiger partial charge is 0.336 e. The summed E-state index contributed by atoms with van der Waals surface area (Å²) in [6.07, 6.45) is 7.60. The zero-order valence-electron chi connectivity index (χ0n) is 15.7. The number of imidazole rings is 1. The van der Waals surface area contributed by atoms with Crippen molar-refractivity contribution in [1.82, 2.24) is 24.3 Å². The molecule has 148 valence electrons. The van der Waals surface area contributed by atoms with Crippen LogP contribution in [0.5, 0.6) is 5.88 Å². The lowest BCUT2D eigenvalue weighted by atomic mass is 10.1. The van der Waals surface area contributed by atoms with Gasteiger partial charge in [-0.2, -0.15) is 5.26 Å². The molecule has 2 N–H and O–H groups in total. The molecule has 9 heteroatoms. The topological polar surface area (TPSA) is 99.1 Å². The molecule has 2 aliphatic heterocycles. The third-order valence-electron chi connectivity index (χ3n) is 5.77. The molecule has 3 aromatic rings. The van der Waals surface area contributed by atoms with Gasteiger partial charge in [-0.05, 0) is 42.9 Å². The summed E-state index contributed by atoms with van der Waals surface area (Å²) in [5.74, 6) is 2.38. The van der Waals surface area contributed by atoms with Crippen LogP contribution in [0.2, 0.25) is 0 Å². The molecule has 2 aromatic heterocycles. The minimum Gasteiger partial charge on any atom is -0.493 e.